The van der Waals surface area contributed by atoms with Crippen LogP contribution in [0.2, 0.25) is 0 Å². The number of nitrogen functional groups attached to an aromatic ring is 1. The Bertz CT molecular complexity index is 6100. The minimum Gasteiger partial charge on any atom is -0.619 e. The minimum absolute atomic E-state index is 0. The molecule has 0 bridgehead atoms. The number of rotatable bonds is 10. The van der Waals surface area contributed by atoms with Gasteiger partial charge in [0.15, 0.2) is 30.1 Å². The summed E-state index contributed by atoms with van der Waals surface area (Å²) < 4.78 is 85.2. The van der Waals surface area contributed by atoms with Crippen LogP contribution in [0.15, 0.2) is 283 Å². The number of aromatic carboxylic acids is 1. The third kappa shape index (κ3) is 36.0. The largest absolute Gasteiger partial charge is 1.00 e. The Kier molecular flexibility index (Phi) is 49.1. The zero-order valence-corrected chi connectivity index (χ0v) is 73.8. The van der Waals surface area contributed by atoms with Crippen molar-refractivity contribution in [3.8, 4) is 34.9 Å². The van der Waals surface area contributed by atoms with Crippen LogP contribution in [0, 0.1) is 62.8 Å². The quantitative estimate of drug-likeness (QED) is 0.00707. The maximum absolute atomic E-state index is 12.9. The number of aliphatic hydroxyl groups excluding tert-OH is 2. The summed E-state index contributed by atoms with van der Waals surface area (Å²) in [5.74, 6) is 0.699. The van der Waals surface area contributed by atoms with E-state index in [2.05, 4.69) is 93.1 Å². The van der Waals surface area contributed by atoms with Crippen LogP contribution in [0.25, 0.3) is 66.4 Å². The number of hydrogen-bond donors (Lipinski definition) is 6. The van der Waals surface area contributed by atoms with Crippen molar-refractivity contribution in [2.24, 2.45) is 10.9 Å². The number of hydrogen-bond acceptors (Lipinski definition) is 23. The maximum atomic E-state index is 12.9. The molecule has 0 fully saturated rings. The number of carbonyl (C=O) groups excluding carboxylic acids is 3. The van der Waals surface area contributed by atoms with Crippen LogP contribution in [-0.4, -0.2) is 128 Å². The Balaban J connectivity index is 0.000000367. The number of pyridine rings is 6. The number of Topliss-reactive ketones (excluding diaryl/α,β-unsaturated/α-hetero) is 1. The summed E-state index contributed by atoms with van der Waals surface area (Å²) in [7, 11) is 0. The summed E-state index contributed by atoms with van der Waals surface area (Å²) in [6, 6.07) is 49.8. The third-order valence-corrected chi connectivity index (χ3v) is 16.0. The number of nitrogens with zero attached hydrogens (tertiary/aromatic N) is 17. The fourth-order valence-corrected chi connectivity index (χ4v) is 10.00. The van der Waals surface area contributed by atoms with E-state index < -0.39 is 17.7 Å². The number of carbonyl (C=O) groups is 4. The van der Waals surface area contributed by atoms with Crippen molar-refractivity contribution in [1.29, 1.82) is 10.5 Å². The minimum atomic E-state index is -1.11. The van der Waals surface area contributed by atoms with E-state index in [9.17, 15) is 45.9 Å². The molecule has 6 aromatic carbocycles. The standard InChI is InChI=1S/C13H7FN4.C13H8FN3O2.C12H9BrFN3.C12H8FN3O.C12H8FN3.C6H4BrNO.C6H7FN2.C3H3NO.C2H4O2.2C2H6O.CH2Cl2.ClH.Na/c14-9-1-3-10(4-2-9)18-13-5-6-16-12(7-15)11(13)8-17-18;14-8-1-3-9(4-2-8)17-11-5-6-15-12(13(18)19)10(11)7-16-17;13-12-5-6-15-7-9(12)8-16-17-11-3-1-10(14)2-4-11;13-10-1-3-11(4-2-10)16-12-5-6-15(17)8-9(12)7-14-16;13-10-1-3-11(4-2-10)16-12-5-6-14-7-9(12)8-15-16;7-6-1-2-8-3-5(6)4-9;7-5-1-3-6(9-8)4-2-5;1-3(5)2-4;1-2(3)4;2*1-2-3;2-1-3;;/h1-6,8H;1-7H,(H,18,19);1-8,17H;1-8H;1-8H;1-4H;1-4,9H,8H2;1H3;1H3,(H,3,4);2*3H,2H2,1H3;1H2;1H;/q;;;;;;;;;;;;;+1/p-1/b;;16-8+;;;;;;;;;;;. The fourth-order valence-electron chi connectivity index (χ4n) is 9.36. The molecule has 0 aliphatic carbocycles. The molecule has 10 heterocycles. The molecule has 640 valence electrons. The van der Waals surface area contributed by atoms with E-state index >= 15 is 0 Å². The summed E-state index contributed by atoms with van der Waals surface area (Å²) in [5, 5.41) is 84.5. The van der Waals surface area contributed by atoms with Gasteiger partial charge in [0.1, 0.15) is 47.0 Å². The number of nitrogens with one attached hydrogen (secondary N) is 2. The number of halogens is 11. The number of aldehydes is 1. The van der Waals surface area contributed by atoms with Crippen molar-refractivity contribution in [1.82, 2.24) is 64.0 Å². The predicted molar refractivity (Wildman–Crippen MR) is 466 cm³/mol. The molecule has 0 aliphatic heterocycles. The van der Waals surface area contributed by atoms with Crippen molar-refractivity contribution in [2.45, 2.75) is 27.7 Å². The number of hydrazone groups is 1. The Morgan fingerprint density at radius 2 is 0.880 bits per heavy atom. The Morgan fingerprint density at radius 1 is 0.536 bits per heavy atom. The predicted octanol–water partition coefficient (Wildman–Crippen LogP) is 12.9. The van der Waals surface area contributed by atoms with Crippen LogP contribution in [-0.2, 0) is 9.59 Å². The van der Waals surface area contributed by atoms with Crippen molar-refractivity contribution in [2.75, 3.05) is 29.4 Å². The number of fused-ring (bicyclic) bond motifs is 4. The zero-order chi connectivity index (χ0) is 90.2. The molecule has 16 aromatic rings. The Labute approximate surface area is 764 Å². The second kappa shape index (κ2) is 57.9. The fraction of sp³-hybridized carbons (Fsp3) is 0.0833. The van der Waals surface area contributed by atoms with Gasteiger partial charge in [0.05, 0.1) is 103 Å². The summed E-state index contributed by atoms with van der Waals surface area (Å²) in [5.41, 5.74) is 14.5. The SMILES string of the molecule is CC(=O)C#N.CC(=O)[O-].CCO.CCO.Cl.ClCCl.Fc1ccc(-n2ncc3cnccc32)cc1.Fc1ccc(N/N=C/c2cnccc2Br)cc1.N#Cc1nccc2c1cnn2-c1ccc(F)cc1.NNc1ccc(F)cc1.O=C(O)c1nccc2c1cnn2-c1ccc(F)cc1.O=Cc1cnccc1Br.[Na+].[O-][n+]1ccc2c(cnn2-c2ccc(F)cc2)c1. The van der Waals surface area contributed by atoms with Crippen LogP contribution in [0.1, 0.15) is 59.8 Å². The molecular weight excluding hydrogens is 1840 g/mol. The zero-order valence-electron chi connectivity index (χ0n) is 66.3. The topological polar surface area (TPSA) is 425 Å². The molecular formula is C84H72Br2Cl3F6N20NaO9. The van der Waals surface area contributed by atoms with Crippen LogP contribution >= 0.6 is 67.5 Å². The van der Waals surface area contributed by atoms with Gasteiger partial charge in [-0.2, -0.15) is 40.8 Å². The molecule has 7 N–H and O–H groups in total. The van der Waals surface area contributed by atoms with Crippen LogP contribution < -0.4 is 56.1 Å². The first-order valence-corrected chi connectivity index (χ1v) is 37.9. The molecule has 16 rings (SSSR count). The molecule has 0 aliphatic rings. The van der Waals surface area contributed by atoms with Crippen LogP contribution in [0.3, 0.4) is 0 Å². The number of nitriles is 2. The van der Waals surface area contributed by atoms with Gasteiger partial charge in [0.25, 0.3) is 0 Å². The Morgan fingerprint density at radius 3 is 1.27 bits per heavy atom. The average molecular weight is 1910 g/mol. The molecule has 0 radical (unpaired) electrons. The third-order valence-electron chi connectivity index (χ3n) is 14.6. The van der Waals surface area contributed by atoms with Crippen LogP contribution in [0.4, 0.5) is 37.7 Å². The van der Waals surface area contributed by atoms with Gasteiger partial charge in [-0.15, -0.1) is 35.6 Å². The van der Waals surface area contributed by atoms with E-state index in [1.165, 1.54) is 117 Å². The van der Waals surface area contributed by atoms with Crippen molar-refractivity contribution in [3.05, 3.63) is 340 Å². The number of aromatic nitrogens is 14. The molecule has 0 atom stereocenters. The van der Waals surface area contributed by atoms with Gasteiger partial charge in [-0.3, -0.25) is 35.8 Å². The summed E-state index contributed by atoms with van der Waals surface area (Å²) in [6.07, 6.45) is 24.6. The molecule has 0 spiro atoms. The number of benzene rings is 6. The summed E-state index contributed by atoms with van der Waals surface area (Å²) in [6.45, 7) is 6.06. The number of alkyl halides is 2. The number of aliphatic carboxylic acids is 1. The second-order valence-electron chi connectivity index (χ2n) is 23.1. The average Bonchev–Trinajstić information content (AvgIpc) is 1.65. The number of hydrazine groups is 1. The van der Waals surface area contributed by atoms with Gasteiger partial charge < -0.3 is 35.9 Å². The maximum Gasteiger partial charge on any atom is 1.00 e. The molecule has 41 heteroatoms. The smallest absolute Gasteiger partial charge is 0.619 e. The van der Waals surface area contributed by atoms with E-state index in [-0.39, 0.29) is 101 Å². The first-order chi connectivity index (χ1) is 59.2. The first kappa shape index (κ1) is 106. The second-order valence-corrected chi connectivity index (χ2v) is 25.7. The molecule has 29 nitrogen and oxygen atoms in total. The van der Waals surface area contributed by atoms with Gasteiger partial charge >= 0.3 is 35.5 Å². The van der Waals surface area contributed by atoms with Crippen LogP contribution in [0.5, 0.6) is 0 Å². The van der Waals surface area contributed by atoms with Gasteiger partial charge in [-0.25, -0.2) is 59.8 Å². The van der Waals surface area contributed by atoms with Crippen molar-refractivity contribution < 1.29 is 100 Å². The Hall–Kier alpha value is -13.3. The van der Waals surface area contributed by atoms with Gasteiger partial charge in [0.2, 0.25) is 5.78 Å². The number of anilines is 2. The molecule has 0 saturated carbocycles. The van der Waals surface area contributed by atoms with E-state index in [1.807, 2.05) is 18.2 Å². The van der Waals surface area contributed by atoms with E-state index in [0.717, 1.165) is 82.5 Å². The van der Waals surface area contributed by atoms with Crippen molar-refractivity contribution in [3.63, 3.8) is 0 Å². The number of aliphatic hydroxyl groups is 2. The van der Waals surface area contributed by atoms with Gasteiger partial charge in [-0.05, 0) is 213 Å². The van der Waals surface area contributed by atoms with E-state index in [4.69, 9.17) is 64.8 Å². The number of carboxylic acid groups (broad SMARTS) is 2. The molecule has 0 unspecified atom stereocenters. The normalized spacial score (nSPS) is 9.62. The number of carboxylic acids is 2. The number of ketones is 1. The van der Waals surface area contributed by atoms with Crippen molar-refractivity contribution >= 4 is 153 Å². The molecule has 10 aromatic heterocycles. The molecule has 0 amide bonds. The summed E-state index contributed by atoms with van der Waals surface area (Å²) in [4.78, 5) is 59.1. The van der Waals surface area contributed by atoms with Gasteiger partial charge in [-0.1, -0.05) is 15.9 Å². The van der Waals surface area contributed by atoms with E-state index in [1.54, 1.807) is 192 Å². The molecule has 0 saturated heterocycles. The van der Waals surface area contributed by atoms with Gasteiger partial charge in [0, 0.05) is 113 Å². The summed E-state index contributed by atoms with van der Waals surface area (Å²) >= 11 is 16.1. The number of nitrogens with two attached hydrogens (primary N) is 1. The van der Waals surface area contributed by atoms with E-state index in [0.29, 0.717) is 38.9 Å². The monoisotopic (exact) mass is 1900 g/mol. The molecule has 125 heavy (non-hydrogen) atoms. The first-order valence-electron chi connectivity index (χ1n) is 35.2.